The SMILES string of the molecule is COc1ccc(NC(=O)c2cncc(N3CCC4(CC3)OCCO4)c2)cc1. The molecule has 0 atom stereocenters. The third-order valence-corrected chi connectivity index (χ3v) is 5.04. The highest BCUT2D eigenvalue weighted by Gasteiger charge is 2.39. The topological polar surface area (TPSA) is 72.9 Å². The number of benzene rings is 1. The van der Waals surface area contributed by atoms with E-state index in [2.05, 4.69) is 15.2 Å². The number of hydrogen-bond acceptors (Lipinski definition) is 6. The molecule has 3 heterocycles. The van der Waals surface area contributed by atoms with Crippen LogP contribution in [0.15, 0.2) is 42.7 Å². The van der Waals surface area contributed by atoms with Gasteiger partial charge in [0, 0.05) is 37.8 Å². The number of ether oxygens (including phenoxy) is 3. The molecule has 1 aromatic carbocycles. The van der Waals surface area contributed by atoms with E-state index in [0.717, 1.165) is 37.4 Å². The van der Waals surface area contributed by atoms with Crippen LogP contribution in [-0.4, -0.2) is 50.1 Å². The number of carbonyl (C=O) groups excluding carboxylic acids is 1. The van der Waals surface area contributed by atoms with Gasteiger partial charge < -0.3 is 24.4 Å². The first-order valence-corrected chi connectivity index (χ1v) is 9.11. The van der Waals surface area contributed by atoms with Crippen LogP contribution >= 0.6 is 0 Å². The zero-order valence-electron chi connectivity index (χ0n) is 15.3. The second-order valence-corrected chi connectivity index (χ2v) is 6.71. The second kappa shape index (κ2) is 7.54. The van der Waals surface area contributed by atoms with Crippen molar-refractivity contribution in [1.29, 1.82) is 0 Å². The molecule has 2 saturated heterocycles. The number of piperidine rings is 1. The Morgan fingerprint density at radius 1 is 1.15 bits per heavy atom. The zero-order valence-corrected chi connectivity index (χ0v) is 15.3. The first kappa shape index (κ1) is 17.8. The predicted octanol–water partition coefficient (Wildman–Crippen LogP) is 2.69. The molecule has 27 heavy (non-hydrogen) atoms. The molecule has 2 fully saturated rings. The number of hydrogen-bond donors (Lipinski definition) is 1. The summed E-state index contributed by atoms with van der Waals surface area (Å²) in [6.45, 7) is 2.96. The van der Waals surface area contributed by atoms with Crippen LogP contribution in [0.4, 0.5) is 11.4 Å². The monoisotopic (exact) mass is 369 g/mol. The van der Waals surface area contributed by atoms with Gasteiger partial charge in [-0.05, 0) is 30.3 Å². The van der Waals surface area contributed by atoms with Crippen LogP contribution in [-0.2, 0) is 9.47 Å². The van der Waals surface area contributed by atoms with Crippen LogP contribution in [0.5, 0.6) is 5.75 Å². The fraction of sp³-hybridized carbons (Fsp3) is 0.400. The van der Waals surface area contributed by atoms with Gasteiger partial charge in [-0.1, -0.05) is 0 Å². The number of anilines is 2. The number of rotatable bonds is 4. The van der Waals surface area contributed by atoms with Crippen molar-refractivity contribution in [1.82, 2.24) is 4.98 Å². The second-order valence-electron chi connectivity index (χ2n) is 6.71. The van der Waals surface area contributed by atoms with E-state index in [1.54, 1.807) is 43.8 Å². The van der Waals surface area contributed by atoms with Crippen LogP contribution in [0, 0.1) is 0 Å². The Kier molecular flexibility index (Phi) is 4.96. The van der Waals surface area contributed by atoms with E-state index >= 15 is 0 Å². The number of aromatic nitrogens is 1. The summed E-state index contributed by atoms with van der Waals surface area (Å²) in [5.41, 5.74) is 2.17. The molecule has 142 valence electrons. The summed E-state index contributed by atoms with van der Waals surface area (Å²) in [7, 11) is 1.61. The Hall–Kier alpha value is -2.64. The molecule has 0 radical (unpaired) electrons. The summed E-state index contributed by atoms with van der Waals surface area (Å²) < 4.78 is 16.7. The fourth-order valence-electron chi connectivity index (χ4n) is 3.49. The summed E-state index contributed by atoms with van der Waals surface area (Å²) in [5.74, 6) is 0.146. The average Bonchev–Trinajstić information content (AvgIpc) is 3.17. The lowest BCUT2D eigenvalue weighted by molar-refractivity contribution is -0.169. The van der Waals surface area contributed by atoms with Crippen molar-refractivity contribution in [3.63, 3.8) is 0 Å². The third kappa shape index (κ3) is 3.89. The van der Waals surface area contributed by atoms with Gasteiger partial charge in [-0.25, -0.2) is 0 Å². The first-order chi connectivity index (χ1) is 13.2. The van der Waals surface area contributed by atoms with Gasteiger partial charge in [-0.2, -0.15) is 0 Å². The normalized spacial score (nSPS) is 18.5. The molecular formula is C20H23N3O4. The molecule has 1 N–H and O–H groups in total. The van der Waals surface area contributed by atoms with Crippen molar-refractivity contribution < 1.29 is 19.0 Å². The van der Waals surface area contributed by atoms with Gasteiger partial charge in [0.05, 0.1) is 37.8 Å². The van der Waals surface area contributed by atoms with Crippen molar-refractivity contribution in [2.75, 3.05) is 43.6 Å². The Morgan fingerprint density at radius 2 is 1.85 bits per heavy atom. The molecule has 2 aliphatic rings. The number of nitrogens with zero attached hydrogens (tertiary/aromatic N) is 2. The van der Waals surface area contributed by atoms with Crippen molar-refractivity contribution >= 4 is 17.3 Å². The van der Waals surface area contributed by atoms with E-state index in [0.29, 0.717) is 24.5 Å². The largest absolute Gasteiger partial charge is 0.497 e. The lowest BCUT2D eigenvalue weighted by atomic mass is 10.0. The Bertz CT molecular complexity index is 793. The zero-order chi connectivity index (χ0) is 18.7. The Balaban J connectivity index is 1.41. The average molecular weight is 369 g/mol. The van der Waals surface area contributed by atoms with Crippen LogP contribution in [0.2, 0.25) is 0 Å². The minimum absolute atomic E-state index is 0.189. The van der Waals surface area contributed by atoms with Crippen molar-refractivity contribution in [2.45, 2.75) is 18.6 Å². The molecule has 0 unspecified atom stereocenters. The molecule has 1 spiro atoms. The minimum Gasteiger partial charge on any atom is -0.497 e. The highest BCUT2D eigenvalue weighted by molar-refractivity contribution is 6.04. The number of nitrogens with one attached hydrogen (secondary N) is 1. The molecular weight excluding hydrogens is 346 g/mol. The van der Waals surface area contributed by atoms with E-state index in [4.69, 9.17) is 14.2 Å². The number of methoxy groups -OCH3 is 1. The predicted molar refractivity (Wildman–Crippen MR) is 101 cm³/mol. The fourth-order valence-corrected chi connectivity index (χ4v) is 3.49. The van der Waals surface area contributed by atoms with Gasteiger partial charge in [0.2, 0.25) is 0 Å². The van der Waals surface area contributed by atoms with Crippen LogP contribution < -0.4 is 15.0 Å². The maximum atomic E-state index is 12.6. The lowest BCUT2D eigenvalue weighted by Gasteiger charge is -2.38. The highest BCUT2D eigenvalue weighted by atomic mass is 16.7. The van der Waals surface area contributed by atoms with Gasteiger partial charge in [-0.3, -0.25) is 9.78 Å². The molecule has 7 heteroatoms. The minimum atomic E-state index is -0.409. The molecule has 7 nitrogen and oxygen atoms in total. The quantitative estimate of drug-likeness (QED) is 0.893. The van der Waals surface area contributed by atoms with E-state index in [1.165, 1.54) is 0 Å². The summed E-state index contributed by atoms with van der Waals surface area (Å²) >= 11 is 0. The molecule has 4 rings (SSSR count). The molecule has 0 aliphatic carbocycles. The van der Waals surface area contributed by atoms with Crippen LogP contribution in [0.1, 0.15) is 23.2 Å². The summed E-state index contributed by atoms with van der Waals surface area (Å²) in [4.78, 5) is 19.0. The first-order valence-electron chi connectivity index (χ1n) is 9.11. The maximum Gasteiger partial charge on any atom is 0.257 e. The third-order valence-electron chi connectivity index (χ3n) is 5.04. The summed E-state index contributed by atoms with van der Waals surface area (Å²) in [6, 6.07) is 9.10. The Morgan fingerprint density at radius 3 is 2.52 bits per heavy atom. The van der Waals surface area contributed by atoms with E-state index in [-0.39, 0.29) is 5.91 Å². The van der Waals surface area contributed by atoms with Crippen LogP contribution in [0.3, 0.4) is 0 Å². The molecule has 2 aromatic rings. The van der Waals surface area contributed by atoms with Crippen molar-refractivity contribution in [3.05, 3.63) is 48.3 Å². The molecule has 0 bridgehead atoms. The molecule has 1 aromatic heterocycles. The van der Waals surface area contributed by atoms with E-state index in [1.807, 2.05) is 6.07 Å². The van der Waals surface area contributed by atoms with E-state index in [9.17, 15) is 4.79 Å². The van der Waals surface area contributed by atoms with E-state index < -0.39 is 5.79 Å². The standard InChI is InChI=1S/C20H23N3O4/c1-25-18-4-2-16(3-5-18)22-19(24)15-12-17(14-21-13-15)23-8-6-20(7-9-23)26-10-11-27-20/h2-5,12-14H,6-11H2,1H3,(H,22,24). The molecule has 0 saturated carbocycles. The van der Waals surface area contributed by atoms with Gasteiger partial charge in [0.25, 0.3) is 5.91 Å². The van der Waals surface area contributed by atoms with Gasteiger partial charge in [0.15, 0.2) is 5.79 Å². The highest BCUT2D eigenvalue weighted by Crippen LogP contribution is 2.33. The van der Waals surface area contributed by atoms with Crippen molar-refractivity contribution in [3.8, 4) is 5.75 Å². The van der Waals surface area contributed by atoms with Crippen LogP contribution in [0.25, 0.3) is 0 Å². The Labute approximate surface area is 158 Å². The summed E-state index contributed by atoms with van der Waals surface area (Å²) in [5, 5.41) is 2.89. The number of pyridine rings is 1. The number of amides is 1. The van der Waals surface area contributed by atoms with Gasteiger partial charge in [-0.15, -0.1) is 0 Å². The smallest absolute Gasteiger partial charge is 0.257 e. The van der Waals surface area contributed by atoms with Crippen molar-refractivity contribution in [2.24, 2.45) is 0 Å². The maximum absolute atomic E-state index is 12.6. The number of carbonyl (C=O) groups is 1. The molecule has 1 amide bonds. The lowest BCUT2D eigenvalue weighted by Crippen LogP contribution is -2.45. The van der Waals surface area contributed by atoms with Gasteiger partial charge >= 0.3 is 0 Å². The van der Waals surface area contributed by atoms with Gasteiger partial charge in [0.1, 0.15) is 5.75 Å². The summed E-state index contributed by atoms with van der Waals surface area (Å²) in [6.07, 6.45) is 5.00. The molecule has 2 aliphatic heterocycles.